The van der Waals surface area contributed by atoms with E-state index < -0.39 is 32.1 Å². The molecule has 0 spiro atoms. The van der Waals surface area contributed by atoms with E-state index in [1.807, 2.05) is 0 Å². The maximum Gasteiger partial charge on any atom is 0.407 e. The van der Waals surface area contributed by atoms with Crippen LogP contribution in [-0.4, -0.2) is 62.1 Å². The van der Waals surface area contributed by atoms with Crippen LogP contribution < -0.4 is 10.6 Å². The molecular formula is C13H26N2O6Si. The summed E-state index contributed by atoms with van der Waals surface area (Å²) in [6.45, 7) is 6.50. The molecule has 1 atom stereocenters. The molecule has 0 aliphatic carbocycles. The first-order valence-corrected chi connectivity index (χ1v) is 10.9. The largest absolute Gasteiger partial charge is 0.481 e. The predicted octanol–water partition coefficient (Wildman–Crippen LogP) is 0.393. The van der Waals surface area contributed by atoms with E-state index in [9.17, 15) is 14.4 Å². The Morgan fingerprint density at radius 1 is 1.18 bits per heavy atom. The van der Waals surface area contributed by atoms with Crippen molar-refractivity contribution in [3.63, 3.8) is 0 Å². The van der Waals surface area contributed by atoms with Crippen LogP contribution in [0.5, 0.6) is 0 Å². The average Bonchev–Trinajstić information content (AvgIpc) is 2.39. The normalized spacial score (nSPS) is 12.4. The van der Waals surface area contributed by atoms with Crippen LogP contribution >= 0.6 is 0 Å². The summed E-state index contributed by atoms with van der Waals surface area (Å²) < 4.78 is 5.01. The first kappa shape index (κ1) is 20.4. The summed E-state index contributed by atoms with van der Waals surface area (Å²) in [6.07, 6.45) is -1.06. The Morgan fingerprint density at radius 3 is 2.32 bits per heavy atom. The van der Waals surface area contributed by atoms with Crippen molar-refractivity contribution in [1.82, 2.24) is 10.6 Å². The number of hydrogen-bond acceptors (Lipinski definition) is 5. The van der Waals surface area contributed by atoms with Crippen molar-refractivity contribution in [3.05, 3.63) is 0 Å². The van der Waals surface area contributed by atoms with Crippen LogP contribution in [0.25, 0.3) is 0 Å². The van der Waals surface area contributed by atoms with E-state index >= 15 is 0 Å². The van der Waals surface area contributed by atoms with Crippen molar-refractivity contribution in [2.45, 2.75) is 44.6 Å². The molecule has 2 amide bonds. The number of nitrogens with one attached hydrogen (secondary N) is 2. The number of amides is 2. The topological polar surface area (TPSA) is 125 Å². The Labute approximate surface area is 131 Å². The van der Waals surface area contributed by atoms with Gasteiger partial charge >= 0.3 is 12.1 Å². The Morgan fingerprint density at radius 2 is 1.82 bits per heavy atom. The lowest BCUT2D eigenvalue weighted by Crippen LogP contribution is -2.46. The molecule has 0 saturated carbocycles. The quantitative estimate of drug-likeness (QED) is 0.428. The molecule has 0 radical (unpaired) electrons. The molecular weight excluding hydrogens is 308 g/mol. The summed E-state index contributed by atoms with van der Waals surface area (Å²) in [5.41, 5.74) is 0. The average molecular weight is 334 g/mol. The minimum Gasteiger partial charge on any atom is -0.481 e. The molecule has 0 fully saturated rings. The van der Waals surface area contributed by atoms with Gasteiger partial charge in [-0.15, -0.1) is 0 Å². The number of rotatable bonds is 10. The third-order valence-electron chi connectivity index (χ3n) is 2.73. The Hall–Kier alpha value is -1.61. The summed E-state index contributed by atoms with van der Waals surface area (Å²) in [7, 11) is -1.27. The molecule has 22 heavy (non-hydrogen) atoms. The summed E-state index contributed by atoms with van der Waals surface area (Å²) in [4.78, 5) is 33.2. The number of ether oxygens (including phenoxy) is 1. The molecule has 8 nitrogen and oxygen atoms in total. The molecule has 0 aliphatic heterocycles. The lowest BCUT2D eigenvalue weighted by molar-refractivity contribution is -0.138. The van der Waals surface area contributed by atoms with Crippen LogP contribution in [0.2, 0.25) is 25.7 Å². The molecule has 0 heterocycles. The van der Waals surface area contributed by atoms with E-state index in [4.69, 9.17) is 14.9 Å². The minimum absolute atomic E-state index is 0.0150. The number of carbonyl (C=O) groups is 3. The summed E-state index contributed by atoms with van der Waals surface area (Å²) in [5.74, 6) is -1.56. The van der Waals surface area contributed by atoms with Crippen molar-refractivity contribution in [2.75, 3.05) is 19.8 Å². The molecule has 0 aromatic heterocycles. The number of carboxylic acids is 1. The maximum absolute atomic E-state index is 11.5. The van der Waals surface area contributed by atoms with Gasteiger partial charge < -0.3 is 25.6 Å². The van der Waals surface area contributed by atoms with Crippen LogP contribution in [0.4, 0.5) is 4.79 Å². The highest BCUT2D eigenvalue weighted by molar-refractivity contribution is 6.76. The standard InChI is InChI=1S/C13H26N2O6Si/c1-22(2,3)7-6-21-13(20)14-8-10(9-16)15-11(17)4-5-12(18)19/h10,16H,4-9H2,1-3H3,(H,14,20)(H,15,17)(H,18,19)/t10-/m0/s1. The van der Waals surface area contributed by atoms with E-state index in [2.05, 4.69) is 30.3 Å². The fourth-order valence-electron chi connectivity index (χ4n) is 1.39. The summed E-state index contributed by atoms with van der Waals surface area (Å²) >= 11 is 0. The highest BCUT2D eigenvalue weighted by Gasteiger charge is 2.16. The van der Waals surface area contributed by atoms with Gasteiger partial charge in [-0.25, -0.2) is 4.79 Å². The third kappa shape index (κ3) is 12.2. The minimum atomic E-state index is -1.27. The van der Waals surface area contributed by atoms with Gasteiger partial charge in [-0.05, 0) is 6.04 Å². The lowest BCUT2D eigenvalue weighted by Gasteiger charge is -2.18. The first-order chi connectivity index (χ1) is 10.1. The van der Waals surface area contributed by atoms with Crippen LogP contribution in [0.3, 0.4) is 0 Å². The number of carbonyl (C=O) groups excluding carboxylic acids is 2. The maximum atomic E-state index is 11.5. The van der Waals surface area contributed by atoms with E-state index in [-0.39, 0.29) is 26.0 Å². The number of alkyl carbamates (subject to hydrolysis) is 1. The Bertz CT molecular complexity index is 383. The zero-order valence-electron chi connectivity index (χ0n) is 13.3. The van der Waals surface area contributed by atoms with E-state index in [0.717, 1.165) is 6.04 Å². The Balaban J connectivity index is 3.95. The second kappa shape index (κ2) is 10.2. The fraction of sp³-hybridized carbons (Fsp3) is 0.769. The van der Waals surface area contributed by atoms with Crippen LogP contribution in [0.1, 0.15) is 12.8 Å². The monoisotopic (exact) mass is 334 g/mol. The van der Waals surface area contributed by atoms with Gasteiger partial charge in [0.15, 0.2) is 0 Å². The molecule has 0 rings (SSSR count). The van der Waals surface area contributed by atoms with E-state index in [0.29, 0.717) is 6.61 Å². The second-order valence-electron chi connectivity index (χ2n) is 6.17. The zero-order chi connectivity index (χ0) is 17.2. The molecule has 128 valence electrons. The van der Waals surface area contributed by atoms with Gasteiger partial charge in [-0.1, -0.05) is 19.6 Å². The summed E-state index contributed by atoms with van der Waals surface area (Å²) in [6, 6.07) is 0.182. The first-order valence-electron chi connectivity index (χ1n) is 7.16. The van der Waals surface area contributed by atoms with Gasteiger partial charge in [-0.2, -0.15) is 0 Å². The molecule has 0 saturated heterocycles. The number of aliphatic carboxylic acids is 1. The second-order valence-corrected chi connectivity index (χ2v) is 11.8. The van der Waals surface area contributed by atoms with Crippen LogP contribution in [-0.2, 0) is 14.3 Å². The third-order valence-corrected chi connectivity index (χ3v) is 4.43. The molecule has 0 unspecified atom stereocenters. The molecule has 0 bridgehead atoms. The van der Waals surface area contributed by atoms with Gasteiger partial charge in [0.2, 0.25) is 5.91 Å². The van der Waals surface area contributed by atoms with Gasteiger partial charge in [0, 0.05) is 21.0 Å². The highest BCUT2D eigenvalue weighted by atomic mass is 28.3. The number of hydrogen-bond donors (Lipinski definition) is 4. The van der Waals surface area contributed by atoms with Crippen molar-refractivity contribution in [1.29, 1.82) is 0 Å². The summed E-state index contributed by atoms with van der Waals surface area (Å²) in [5, 5.41) is 22.5. The zero-order valence-corrected chi connectivity index (χ0v) is 14.3. The van der Waals surface area contributed by atoms with Gasteiger partial charge in [0.25, 0.3) is 0 Å². The molecule has 4 N–H and O–H groups in total. The molecule has 0 aliphatic rings. The number of aliphatic hydroxyl groups excluding tert-OH is 1. The fourth-order valence-corrected chi connectivity index (χ4v) is 2.10. The van der Waals surface area contributed by atoms with Gasteiger partial charge in [0.1, 0.15) is 0 Å². The lowest BCUT2D eigenvalue weighted by atomic mass is 10.2. The van der Waals surface area contributed by atoms with E-state index in [1.54, 1.807) is 0 Å². The van der Waals surface area contributed by atoms with Crippen LogP contribution in [0, 0.1) is 0 Å². The van der Waals surface area contributed by atoms with Gasteiger partial charge in [-0.3, -0.25) is 9.59 Å². The highest BCUT2D eigenvalue weighted by Crippen LogP contribution is 2.07. The van der Waals surface area contributed by atoms with Gasteiger partial charge in [0.05, 0.1) is 25.7 Å². The molecule has 0 aromatic rings. The number of carboxylic acid groups (broad SMARTS) is 1. The van der Waals surface area contributed by atoms with Crippen molar-refractivity contribution in [3.8, 4) is 0 Å². The Kier molecular flexibility index (Phi) is 9.42. The molecule has 9 heteroatoms. The van der Waals surface area contributed by atoms with Crippen LogP contribution in [0.15, 0.2) is 0 Å². The SMILES string of the molecule is C[Si](C)(C)CCOC(=O)NC[C@@H](CO)NC(=O)CCC(=O)O. The predicted molar refractivity (Wildman–Crippen MR) is 83.4 cm³/mol. The van der Waals surface area contributed by atoms with Crippen molar-refractivity contribution in [2.24, 2.45) is 0 Å². The van der Waals surface area contributed by atoms with Crippen molar-refractivity contribution < 1.29 is 29.3 Å². The van der Waals surface area contributed by atoms with E-state index in [1.165, 1.54) is 0 Å². The molecule has 0 aromatic carbocycles. The number of aliphatic hydroxyl groups is 1. The smallest absolute Gasteiger partial charge is 0.407 e. The van der Waals surface area contributed by atoms with Crippen molar-refractivity contribution >= 4 is 26.0 Å².